The summed E-state index contributed by atoms with van der Waals surface area (Å²) in [5.74, 6) is -1.12. The van der Waals surface area contributed by atoms with Crippen LogP contribution in [0.15, 0.2) is 53.4 Å². The Hall–Kier alpha value is -2.12. The van der Waals surface area contributed by atoms with E-state index in [1.807, 2.05) is 0 Å². The molecule has 1 aliphatic heterocycles. The summed E-state index contributed by atoms with van der Waals surface area (Å²) in [5.41, 5.74) is 0.310. The molecule has 1 saturated heterocycles. The van der Waals surface area contributed by atoms with Crippen molar-refractivity contribution < 1.29 is 22.3 Å². The maximum atomic E-state index is 13.8. The molecule has 0 spiro atoms. The van der Waals surface area contributed by atoms with Crippen LogP contribution in [0.2, 0.25) is 5.02 Å². The minimum absolute atomic E-state index is 0.0777. The van der Waals surface area contributed by atoms with Crippen LogP contribution in [-0.2, 0) is 14.6 Å². The van der Waals surface area contributed by atoms with Crippen molar-refractivity contribution in [1.82, 2.24) is 4.90 Å². The number of nitrogens with zero attached hydrogens (tertiary/aromatic N) is 1. The molecule has 5 nitrogen and oxygen atoms in total. The highest BCUT2D eigenvalue weighted by atomic mass is 35.5. The van der Waals surface area contributed by atoms with Gasteiger partial charge in [-0.3, -0.25) is 0 Å². The van der Waals surface area contributed by atoms with Crippen LogP contribution in [0.1, 0.15) is 30.6 Å². The summed E-state index contributed by atoms with van der Waals surface area (Å²) in [6.45, 7) is 2.87. The van der Waals surface area contributed by atoms with Gasteiger partial charge in [0.2, 0.25) is 0 Å². The molecule has 3 rings (SSSR count). The quantitative estimate of drug-likeness (QED) is 0.644. The summed E-state index contributed by atoms with van der Waals surface area (Å²) in [6.07, 6.45) is 1.42. The van der Waals surface area contributed by atoms with Crippen molar-refractivity contribution in [3.8, 4) is 0 Å². The molecule has 0 saturated carbocycles. The molecule has 0 aliphatic carbocycles. The van der Waals surface area contributed by atoms with Crippen molar-refractivity contribution in [2.75, 3.05) is 19.7 Å². The van der Waals surface area contributed by atoms with Gasteiger partial charge in [-0.15, -0.1) is 0 Å². The van der Waals surface area contributed by atoms with Crippen LogP contribution in [0.4, 0.5) is 9.18 Å². The highest BCUT2D eigenvalue weighted by molar-refractivity contribution is 7.91. The first-order valence-corrected chi connectivity index (χ1v) is 11.4. The van der Waals surface area contributed by atoms with Crippen molar-refractivity contribution in [2.24, 2.45) is 5.92 Å². The van der Waals surface area contributed by atoms with Gasteiger partial charge in [-0.25, -0.2) is 17.6 Å². The first kappa shape index (κ1) is 21.6. The first-order valence-electron chi connectivity index (χ1n) is 9.45. The Balaban J connectivity index is 1.88. The molecule has 1 amide bonds. The number of carbonyl (C=O) groups is 1. The number of benzene rings is 2. The van der Waals surface area contributed by atoms with Gasteiger partial charge in [0.25, 0.3) is 0 Å². The molecule has 0 bridgehead atoms. The first-order chi connectivity index (χ1) is 13.8. The van der Waals surface area contributed by atoms with Crippen molar-refractivity contribution in [2.45, 2.75) is 29.9 Å². The lowest BCUT2D eigenvalue weighted by Crippen LogP contribution is -2.31. The summed E-state index contributed by atoms with van der Waals surface area (Å²) in [5, 5.41) is -0.662. The van der Waals surface area contributed by atoms with Crippen LogP contribution in [0.3, 0.4) is 0 Å². The van der Waals surface area contributed by atoms with Crippen LogP contribution >= 0.6 is 11.6 Å². The van der Waals surface area contributed by atoms with E-state index in [0.717, 1.165) is 12.8 Å². The fourth-order valence-electron chi connectivity index (χ4n) is 3.55. The van der Waals surface area contributed by atoms with Crippen molar-refractivity contribution in [1.29, 1.82) is 0 Å². The second-order valence-corrected chi connectivity index (χ2v) is 9.73. The van der Waals surface area contributed by atoms with Crippen molar-refractivity contribution >= 4 is 27.5 Å². The van der Waals surface area contributed by atoms with Gasteiger partial charge >= 0.3 is 6.09 Å². The molecule has 156 valence electrons. The maximum absolute atomic E-state index is 13.8. The Morgan fingerprint density at radius 1 is 1.17 bits per heavy atom. The topological polar surface area (TPSA) is 63.7 Å². The SMILES string of the molecule is CC(COC(=O)N1CCCC1)C(c1cccc(F)c1)S(=O)(=O)c1ccc(Cl)cc1. The summed E-state index contributed by atoms with van der Waals surface area (Å²) >= 11 is 5.88. The lowest BCUT2D eigenvalue weighted by molar-refractivity contribution is 0.0961. The summed E-state index contributed by atoms with van der Waals surface area (Å²) < 4.78 is 46.0. The highest BCUT2D eigenvalue weighted by Crippen LogP contribution is 2.36. The van der Waals surface area contributed by atoms with Gasteiger partial charge in [0.05, 0.1) is 16.8 Å². The Kier molecular flexibility index (Phi) is 6.80. The highest BCUT2D eigenvalue weighted by Gasteiger charge is 2.35. The standard InChI is InChI=1S/C21H23ClFNO4S/c1-15(14-28-21(25)24-11-2-3-12-24)20(16-5-4-6-18(23)13-16)29(26,27)19-9-7-17(22)8-10-19/h4-10,13,15,20H,2-3,11-12,14H2,1H3. The molecule has 0 N–H and O–H groups in total. The van der Waals surface area contributed by atoms with Gasteiger partial charge in [-0.05, 0) is 54.8 Å². The van der Waals surface area contributed by atoms with Crippen LogP contribution in [-0.4, -0.2) is 39.1 Å². The maximum Gasteiger partial charge on any atom is 0.409 e. The van der Waals surface area contributed by atoms with Gasteiger partial charge in [-0.2, -0.15) is 0 Å². The molecule has 2 aromatic carbocycles. The van der Waals surface area contributed by atoms with E-state index in [1.165, 1.54) is 42.5 Å². The lowest BCUT2D eigenvalue weighted by Gasteiger charge is -2.25. The zero-order valence-electron chi connectivity index (χ0n) is 16.1. The van der Waals surface area contributed by atoms with Crippen LogP contribution in [0.25, 0.3) is 0 Å². The number of sulfone groups is 1. The average molecular weight is 440 g/mol. The smallest absolute Gasteiger partial charge is 0.409 e. The van der Waals surface area contributed by atoms with Gasteiger partial charge < -0.3 is 9.64 Å². The van der Waals surface area contributed by atoms with E-state index in [2.05, 4.69) is 0 Å². The number of amides is 1. The second-order valence-electron chi connectivity index (χ2n) is 7.22. The fraction of sp³-hybridized carbons (Fsp3) is 0.381. The zero-order chi connectivity index (χ0) is 21.0. The molecule has 2 unspecified atom stereocenters. The molecule has 1 aliphatic rings. The Morgan fingerprint density at radius 3 is 2.45 bits per heavy atom. The van der Waals surface area contributed by atoms with Crippen molar-refractivity contribution in [3.05, 3.63) is 64.9 Å². The number of halogens is 2. The van der Waals surface area contributed by atoms with E-state index in [9.17, 15) is 17.6 Å². The van der Waals surface area contributed by atoms with Gasteiger partial charge in [0.15, 0.2) is 9.84 Å². The van der Waals surface area contributed by atoms with E-state index >= 15 is 0 Å². The number of ether oxygens (including phenoxy) is 1. The molecule has 2 atom stereocenters. The normalized spacial score (nSPS) is 16.4. The third kappa shape index (κ3) is 5.08. The molecular weight excluding hydrogens is 417 g/mol. The molecule has 29 heavy (non-hydrogen) atoms. The van der Waals surface area contributed by atoms with Crippen LogP contribution in [0.5, 0.6) is 0 Å². The van der Waals surface area contributed by atoms with Crippen LogP contribution in [0, 0.1) is 11.7 Å². The molecule has 8 heteroatoms. The van der Waals surface area contributed by atoms with Gasteiger partial charge in [-0.1, -0.05) is 30.7 Å². The Bertz CT molecular complexity index is 959. The molecule has 0 aromatic heterocycles. The average Bonchev–Trinajstić information content (AvgIpc) is 3.21. The predicted molar refractivity (Wildman–Crippen MR) is 109 cm³/mol. The monoisotopic (exact) mass is 439 g/mol. The van der Waals surface area contributed by atoms with Crippen LogP contribution < -0.4 is 0 Å². The number of hydrogen-bond donors (Lipinski definition) is 0. The Labute approximate surface area is 175 Å². The summed E-state index contributed by atoms with van der Waals surface area (Å²) in [7, 11) is -3.88. The van der Waals surface area contributed by atoms with E-state index in [-0.39, 0.29) is 11.5 Å². The lowest BCUT2D eigenvalue weighted by atomic mass is 10.0. The third-order valence-corrected chi connectivity index (χ3v) is 7.59. The largest absolute Gasteiger partial charge is 0.449 e. The molecular formula is C21H23ClFNO4S. The zero-order valence-corrected chi connectivity index (χ0v) is 17.6. The Morgan fingerprint density at radius 2 is 1.83 bits per heavy atom. The fourth-order valence-corrected chi connectivity index (χ4v) is 5.68. The summed E-state index contributed by atoms with van der Waals surface area (Å²) in [6, 6.07) is 11.3. The van der Waals surface area contributed by atoms with Gasteiger partial charge in [0.1, 0.15) is 5.82 Å². The number of rotatable bonds is 6. The van der Waals surface area contributed by atoms with E-state index in [0.29, 0.717) is 23.7 Å². The van der Waals surface area contributed by atoms with E-state index in [1.54, 1.807) is 17.9 Å². The molecule has 1 fully saturated rings. The number of carbonyl (C=O) groups excluding carboxylic acids is 1. The van der Waals surface area contributed by atoms with E-state index in [4.69, 9.17) is 16.3 Å². The number of likely N-dealkylation sites (tertiary alicyclic amines) is 1. The minimum atomic E-state index is -3.88. The molecule has 0 radical (unpaired) electrons. The van der Waals surface area contributed by atoms with Crippen molar-refractivity contribution in [3.63, 3.8) is 0 Å². The third-order valence-electron chi connectivity index (χ3n) is 5.00. The van der Waals surface area contributed by atoms with E-state index < -0.39 is 32.9 Å². The predicted octanol–water partition coefficient (Wildman–Crippen LogP) is 4.86. The summed E-state index contributed by atoms with van der Waals surface area (Å²) in [4.78, 5) is 13.9. The molecule has 2 aromatic rings. The number of hydrogen-bond acceptors (Lipinski definition) is 4. The molecule has 1 heterocycles. The van der Waals surface area contributed by atoms with Gasteiger partial charge in [0, 0.05) is 24.0 Å². The second kappa shape index (κ2) is 9.13. The minimum Gasteiger partial charge on any atom is -0.449 e.